The molecule has 0 aliphatic heterocycles. The van der Waals surface area contributed by atoms with Crippen LogP contribution in [0.5, 0.6) is 0 Å². The maximum Gasteiger partial charge on any atom is 0.286 e. The van der Waals surface area contributed by atoms with Crippen molar-refractivity contribution in [2.24, 2.45) is 4.99 Å². The van der Waals surface area contributed by atoms with Gasteiger partial charge in [-0.25, -0.2) is 9.79 Å². The van der Waals surface area contributed by atoms with E-state index in [-0.39, 0.29) is 0 Å². The van der Waals surface area contributed by atoms with E-state index < -0.39 is 0 Å². The predicted molar refractivity (Wildman–Crippen MR) is 70.7 cm³/mol. The summed E-state index contributed by atoms with van der Waals surface area (Å²) < 4.78 is 4.61. The standard InChI is InChI=1S/C14H24N2O2/c15-13-18-12-10-8-6-4-2-1-3-5-7-9-11-16-14-17/h1-12H2. The Morgan fingerprint density at radius 2 is 1.33 bits per heavy atom. The lowest BCUT2D eigenvalue weighted by atomic mass is 10.1. The Kier molecular flexibility index (Phi) is 14.5. The molecule has 0 bridgehead atoms. The normalized spacial score (nSPS) is 9.50. The second-order valence-electron chi connectivity index (χ2n) is 4.45. The zero-order chi connectivity index (χ0) is 13.3. The minimum atomic E-state index is 0.569. The fourth-order valence-corrected chi connectivity index (χ4v) is 1.87. The van der Waals surface area contributed by atoms with Crippen LogP contribution in [0.3, 0.4) is 0 Å². The van der Waals surface area contributed by atoms with Crippen molar-refractivity contribution in [3.8, 4) is 6.26 Å². The molecule has 0 aromatic rings. The van der Waals surface area contributed by atoms with Gasteiger partial charge in [-0.15, -0.1) is 0 Å². The van der Waals surface area contributed by atoms with Gasteiger partial charge in [-0.05, 0) is 12.8 Å². The van der Waals surface area contributed by atoms with Crippen LogP contribution < -0.4 is 0 Å². The predicted octanol–water partition coefficient (Wildman–Crippen LogP) is 3.72. The summed E-state index contributed by atoms with van der Waals surface area (Å²) in [4.78, 5) is 13.3. The van der Waals surface area contributed by atoms with Gasteiger partial charge in [-0.1, -0.05) is 51.4 Å². The Morgan fingerprint density at radius 3 is 1.83 bits per heavy atom. The lowest BCUT2D eigenvalue weighted by Gasteiger charge is -2.01. The van der Waals surface area contributed by atoms with Gasteiger partial charge < -0.3 is 4.74 Å². The van der Waals surface area contributed by atoms with Gasteiger partial charge >= 0.3 is 0 Å². The van der Waals surface area contributed by atoms with Gasteiger partial charge in [0.2, 0.25) is 6.08 Å². The SMILES string of the molecule is N#COCCCCCCCCCCCCN=C=O. The van der Waals surface area contributed by atoms with Gasteiger partial charge in [0.25, 0.3) is 6.26 Å². The Hall–Kier alpha value is -1.33. The average Bonchev–Trinajstić information content (AvgIpc) is 2.39. The van der Waals surface area contributed by atoms with Crippen LogP contribution >= 0.6 is 0 Å². The van der Waals surface area contributed by atoms with Crippen molar-refractivity contribution in [2.75, 3.05) is 13.2 Å². The van der Waals surface area contributed by atoms with Gasteiger partial charge in [0, 0.05) is 0 Å². The third-order valence-corrected chi connectivity index (χ3v) is 2.90. The third kappa shape index (κ3) is 14.7. The van der Waals surface area contributed by atoms with E-state index in [1.165, 1.54) is 38.5 Å². The molecular weight excluding hydrogens is 228 g/mol. The van der Waals surface area contributed by atoms with E-state index >= 15 is 0 Å². The van der Waals surface area contributed by atoms with E-state index in [1.54, 1.807) is 12.3 Å². The monoisotopic (exact) mass is 252 g/mol. The van der Waals surface area contributed by atoms with Crippen LogP contribution in [-0.2, 0) is 9.53 Å². The highest BCUT2D eigenvalue weighted by molar-refractivity contribution is 5.32. The molecule has 0 rings (SSSR count). The first-order valence-electron chi connectivity index (χ1n) is 6.96. The molecule has 0 aliphatic rings. The van der Waals surface area contributed by atoms with Gasteiger partial charge in [0.1, 0.15) is 6.61 Å². The molecule has 0 radical (unpaired) electrons. The van der Waals surface area contributed by atoms with E-state index in [0.29, 0.717) is 13.2 Å². The minimum Gasteiger partial charge on any atom is -0.428 e. The van der Waals surface area contributed by atoms with Crippen LogP contribution in [0.4, 0.5) is 0 Å². The number of nitriles is 1. The van der Waals surface area contributed by atoms with E-state index in [0.717, 1.165) is 25.7 Å². The molecule has 0 spiro atoms. The molecule has 0 saturated carbocycles. The number of hydrogen-bond donors (Lipinski definition) is 0. The second kappa shape index (κ2) is 15.7. The molecule has 102 valence electrons. The van der Waals surface area contributed by atoms with Crippen molar-refractivity contribution in [2.45, 2.75) is 64.2 Å². The van der Waals surface area contributed by atoms with Crippen molar-refractivity contribution in [3.63, 3.8) is 0 Å². The Labute approximate surface area is 110 Å². The zero-order valence-corrected chi connectivity index (χ0v) is 11.2. The summed E-state index contributed by atoms with van der Waals surface area (Å²) in [6, 6.07) is 0. The molecule has 18 heavy (non-hydrogen) atoms. The molecule has 4 nitrogen and oxygen atoms in total. The van der Waals surface area contributed by atoms with Crippen LogP contribution in [0.1, 0.15) is 64.2 Å². The highest BCUT2D eigenvalue weighted by Gasteiger charge is 1.93. The van der Waals surface area contributed by atoms with Gasteiger partial charge in [0.15, 0.2) is 0 Å². The van der Waals surface area contributed by atoms with Crippen LogP contribution in [-0.4, -0.2) is 19.2 Å². The van der Waals surface area contributed by atoms with Gasteiger partial charge in [-0.3, -0.25) is 0 Å². The summed E-state index contributed by atoms with van der Waals surface area (Å²) in [5.74, 6) is 0. The lowest BCUT2D eigenvalue weighted by molar-refractivity contribution is 0.260. The van der Waals surface area contributed by atoms with Crippen molar-refractivity contribution in [1.82, 2.24) is 0 Å². The number of isocyanates is 1. The number of aliphatic imine (C=N–C) groups is 1. The molecule has 0 unspecified atom stereocenters. The maximum absolute atomic E-state index is 9.81. The summed E-state index contributed by atoms with van der Waals surface area (Å²) in [5.41, 5.74) is 0. The van der Waals surface area contributed by atoms with Crippen LogP contribution in [0.2, 0.25) is 0 Å². The fraction of sp³-hybridized carbons (Fsp3) is 0.857. The Balaban J connectivity index is 2.95. The second-order valence-corrected chi connectivity index (χ2v) is 4.45. The smallest absolute Gasteiger partial charge is 0.286 e. The quantitative estimate of drug-likeness (QED) is 0.217. The molecular formula is C14H24N2O2. The summed E-state index contributed by atoms with van der Waals surface area (Å²) in [5, 5.41) is 8.16. The number of hydrogen-bond acceptors (Lipinski definition) is 4. The maximum atomic E-state index is 9.81. The average molecular weight is 252 g/mol. The molecule has 0 aromatic heterocycles. The fourth-order valence-electron chi connectivity index (χ4n) is 1.87. The minimum absolute atomic E-state index is 0.569. The summed E-state index contributed by atoms with van der Waals surface area (Å²) in [7, 11) is 0. The molecule has 0 heterocycles. The van der Waals surface area contributed by atoms with Crippen molar-refractivity contribution in [1.29, 1.82) is 5.26 Å². The van der Waals surface area contributed by atoms with Crippen LogP contribution in [0.15, 0.2) is 4.99 Å². The topological polar surface area (TPSA) is 62.4 Å². The number of unbranched alkanes of at least 4 members (excludes halogenated alkanes) is 9. The number of ether oxygens (including phenoxy) is 1. The highest BCUT2D eigenvalue weighted by Crippen LogP contribution is 2.10. The molecule has 0 aromatic carbocycles. The first-order valence-corrected chi connectivity index (χ1v) is 6.96. The molecule has 0 N–H and O–H groups in total. The zero-order valence-electron chi connectivity index (χ0n) is 11.2. The van der Waals surface area contributed by atoms with Gasteiger partial charge in [-0.2, -0.15) is 5.26 Å². The lowest BCUT2D eigenvalue weighted by Crippen LogP contribution is -1.88. The van der Waals surface area contributed by atoms with E-state index in [4.69, 9.17) is 5.26 Å². The van der Waals surface area contributed by atoms with Crippen molar-refractivity contribution >= 4 is 6.08 Å². The summed E-state index contributed by atoms with van der Waals surface area (Å²) in [6.07, 6.45) is 15.2. The molecule has 0 atom stereocenters. The summed E-state index contributed by atoms with van der Waals surface area (Å²) in [6.45, 7) is 1.20. The first-order chi connectivity index (χ1) is 8.91. The van der Waals surface area contributed by atoms with E-state index in [1.807, 2.05) is 0 Å². The third-order valence-electron chi connectivity index (χ3n) is 2.90. The number of rotatable bonds is 13. The van der Waals surface area contributed by atoms with Crippen LogP contribution in [0.25, 0.3) is 0 Å². The molecule has 0 fully saturated rings. The van der Waals surface area contributed by atoms with E-state index in [9.17, 15) is 4.79 Å². The Morgan fingerprint density at radius 1 is 0.833 bits per heavy atom. The molecule has 0 amide bonds. The molecule has 4 heteroatoms. The van der Waals surface area contributed by atoms with Crippen molar-refractivity contribution in [3.05, 3.63) is 0 Å². The van der Waals surface area contributed by atoms with Crippen molar-refractivity contribution < 1.29 is 9.53 Å². The highest BCUT2D eigenvalue weighted by atomic mass is 16.5. The molecule has 0 saturated heterocycles. The van der Waals surface area contributed by atoms with Crippen LogP contribution in [0, 0.1) is 11.5 Å². The molecule has 0 aliphatic carbocycles. The largest absolute Gasteiger partial charge is 0.428 e. The summed E-state index contributed by atoms with van der Waals surface area (Å²) >= 11 is 0. The number of nitrogens with zero attached hydrogens (tertiary/aromatic N) is 2. The number of carbonyl (C=O) groups excluding carboxylic acids is 1. The van der Waals surface area contributed by atoms with Gasteiger partial charge in [0.05, 0.1) is 6.54 Å². The van der Waals surface area contributed by atoms with E-state index in [2.05, 4.69) is 9.73 Å². The Bertz CT molecular complexity index is 255. The first kappa shape index (κ1) is 16.7.